The number of benzene rings is 2. The third-order valence-corrected chi connectivity index (χ3v) is 6.60. The van der Waals surface area contributed by atoms with Gasteiger partial charge in [-0.15, -0.1) is 0 Å². The Kier molecular flexibility index (Phi) is 8.04. The molecule has 0 fully saturated rings. The Morgan fingerprint density at radius 3 is 2.00 bits per heavy atom. The molecule has 2 aromatic rings. The van der Waals surface area contributed by atoms with Crippen LogP contribution in [0.3, 0.4) is 0 Å². The van der Waals surface area contributed by atoms with Crippen molar-refractivity contribution in [3.05, 3.63) is 54.1 Å². The molecule has 0 spiro atoms. The number of hydrogen-bond donors (Lipinski definition) is 0. The second-order valence-corrected chi connectivity index (χ2v) is 8.39. The summed E-state index contributed by atoms with van der Waals surface area (Å²) in [6.07, 6.45) is 0. The molecule has 158 valence electrons. The van der Waals surface area contributed by atoms with E-state index >= 15 is 0 Å². The molecule has 0 N–H and O–H groups in total. The predicted molar refractivity (Wildman–Crippen MR) is 112 cm³/mol. The summed E-state index contributed by atoms with van der Waals surface area (Å²) in [5.41, 5.74) is 0.979. The molecule has 0 radical (unpaired) electrons. The van der Waals surface area contributed by atoms with E-state index in [2.05, 4.69) is 0 Å². The first-order valence-electron chi connectivity index (χ1n) is 9.41. The van der Waals surface area contributed by atoms with Crippen molar-refractivity contribution < 1.29 is 22.7 Å². The molecule has 2 rings (SSSR count). The highest BCUT2D eigenvalue weighted by Gasteiger charge is 2.21. The molecule has 0 unspecified atom stereocenters. The maximum absolute atomic E-state index is 12.5. The summed E-state index contributed by atoms with van der Waals surface area (Å²) in [5.74, 6) is 1.02. The lowest BCUT2D eigenvalue weighted by Crippen LogP contribution is -2.31. The predicted octanol–water partition coefficient (Wildman–Crippen LogP) is 2.76. The maximum atomic E-state index is 12.5. The average Bonchev–Trinajstić information content (AvgIpc) is 2.73. The quantitative estimate of drug-likeness (QED) is 0.591. The number of methoxy groups -OCH3 is 1. The number of rotatable bonds is 10. The Bertz CT molecular complexity index is 892. The van der Waals surface area contributed by atoms with Crippen molar-refractivity contribution in [3.63, 3.8) is 0 Å². The molecule has 0 atom stereocenters. The first-order chi connectivity index (χ1) is 13.8. The molecule has 1 amide bonds. The summed E-state index contributed by atoms with van der Waals surface area (Å²) < 4.78 is 37.0. The van der Waals surface area contributed by atoms with Crippen LogP contribution in [0, 0.1) is 0 Å². The molecule has 0 saturated heterocycles. The van der Waals surface area contributed by atoms with E-state index < -0.39 is 10.0 Å². The van der Waals surface area contributed by atoms with E-state index in [1.54, 1.807) is 45.0 Å². The Labute approximate surface area is 172 Å². The summed E-state index contributed by atoms with van der Waals surface area (Å²) in [6.45, 7) is 4.74. The van der Waals surface area contributed by atoms with E-state index in [1.165, 1.54) is 16.4 Å². The van der Waals surface area contributed by atoms with Gasteiger partial charge in [0.15, 0.2) is 6.61 Å². The van der Waals surface area contributed by atoms with Crippen molar-refractivity contribution in [1.82, 2.24) is 9.21 Å². The first-order valence-corrected chi connectivity index (χ1v) is 10.9. The molecular formula is C21H28N2O5S. The highest BCUT2D eigenvalue weighted by molar-refractivity contribution is 7.89. The number of amides is 1. The van der Waals surface area contributed by atoms with Crippen molar-refractivity contribution in [1.29, 1.82) is 0 Å². The third-order valence-electron chi connectivity index (χ3n) is 4.53. The van der Waals surface area contributed by atoms with Crippen molar-refractivity contribution >= 4 is 15.9 Å². The highest BCUT2D eigenvalue weighted by atomic mass is 32.2. The van der Waals surface area contributed by atoms with Crippen LogP contribution in [0.15, 0.2) is 53.4 Å². The summed E-state index contributed by atoms with van der Waals surface area (Å²) in [6, 6.07) is 13.6. The third kappa shape index (κ3) is 5.95. The van der Waals surface area contributed by atoms with Gasteiger partial charge in [-0.05, 0) is 42.0 Å². The summed E-state index contributed by atoms with van der Waals surface area (Å²) in [4.78, 5) is 14.1. The number of carbonyl (C=O) groups excluding carboxylic acids is 1. The van der Waals surface area contributed by atoms with E-state index in [9.17, 15) is 13.2 Å². The van der Waals surface area contributed by atoms with Gasteiger partial charge >= 0.3 is 0 Å². The first kappa shape index (κ1) is 22.7. The monoisotopic (exact) mass is 420 g/mol. The fraction of sp³-hybridized carbons (Fsp3) is 0.381. The Hall–Kier alpha value is -2.58. The number of nitrogens with zero attached hydrogens (tertiary/aromatic N) is 2. The topological polar surface area (TPSA) is 76.2 Å². The van der Waals surface area contributed by atoms with Crippen LogP contribution in [0.25, 0.3) is 0 Å². The Balaban J connectivity index is 1.92. The Morgan fingerprint density at radius 2 is 1.48 bits per heavy atom. The average molecular weight is 421 g/mol. The maximum Gasteiger partial charge on any atom is 0.260 e. The van der Waals surface area contributed by atoms with Crippen molar-refractivity contribution in [2.45, 2.75) is 25.3 Å². The molecule has 0 aliphatic heterocycles. The summed E-state index contributed by atoms with van der Waals surface area (Å²) in [7, 11) is -0.200. The van der Waals surface area contributed by atoms with Gasteiger partial charge in [0.2, 0.25) is 10.0 Å². The lowest BCUT2D eigenvalue weighted by Gasteiger charge is -2.19. The van der Waals surface area contributed by atoms with Crippen molar-refractivity contribution in [3.8, 4) is 11.5 Å². The summed E-state index contributed by atoms with van der Waals surface area (Å²) >= 11 is 0. The smallest absolute Gasteiger partial charge is 0.260 e. The number of likely N-dealkylation sites (N-methyl/N-ethyl adjacent to an activating group) is 1. The van der Waals surface area contributed by atoms with Gasteiger partial charge < -0.3 is 14.4 Å². The Morgan fingerprint density at radius 1 is 0.931 bits per heavy atom. The van der Waals surface area contributed by atoms with Crippen LogP contribution in [0.1, 0.15) is 19.4 Å². The molecule has 2 aromatic carbocycles. The second kappa shape index (κ2) is 10.3. The molecule has 0 heterocycles. The lowest BCUT2D eigenvalue weighted by molar-refractivity contribution is -0.132. The van der Waals surface area contributed by atoms with E-state index in [0.717, 1.165) is 11.3 Å². The molecule has 0 aliphatic rings. The van der Waals surface area contributed by atoms with Crippen LogP contribution < -0.4 is 9.47 Å². The molecular weight excluding hydrogens is 392 g/mol. The number of sulfonamides is 1. The minimum Gasteiger partial charge on any atom is -0.497 e. The van der Waals surface area contributed by atoms with E-state index in [4.69, 9.17) is 9.47 Å². The summed E-state index contributed by atoms with van der Waals surface area (Å²) in [5, 5.41) is 0. The van der Waals surface area contributed by atoms with Gasteiger partial charge in [0.05, 0.1) is 12.0 Å². The van der Waals surface area contributed by atoms with E-state index in [1.807, 2.05) is 24.3 Å². The molecule has 8 heteroatoms. The second-order valence-electron chi connectivity index (χ2n) is 6.45. The highest BCUT2D eigenvalue weighted by Crippen LogP contribution is 2.19. The minimum absolute atomic E-state index is 0.130. The molecule has 0 bridgehead atoms. The van der Waals surface area contributed by atoms with Gasteiger partial charge in [0.25, 0.3) is 5.91 Å². The van der Waals surface area contributed by atoms with E-state index in [-0.39, 0.29) is 17.4 Å². The van der Waals surface area contributed by atoms with Crippen LogP contribution in [0.5, 0.6) is 11.5 Å². The van der Waals surface area contributed by atoms with Crippen LogP contribution in [0.4, 0.5) is 0 Å². The van der Waals surface area contributed by atoms with Crippen LogP contribution in [0.2, 0.25) is 0 Å². The number of carbonyl (C=O) groups is 1. The van der Waals surface area contributed by atoms with E-state index in [0.29, 0.717) is 25.4 Å². The van der Waals surface area contributed by atoms with Gasteiger partial charge in [-0.3, -0.25) is 4.79 Å². The van der Waals surface area contributed by atoms with Gasteiger partial charge in [0.1, 0.15) is 11.5 Å². The molecule has 0 aromatic heterocycles. The van der Waals surface area contributed by atoms with Gasteiger partial charge in [-0.2, -0.15) is 4.31 Å². The van der Waals surface area contributed by atoms with Gasteiger partial charge in [0, 0.05) is 26.7 Å². The minimum atomic E-state index is -3.51. The fourth-order valence-electron chi connectivity index (χ4n) is 2.77. The van der Waals surface area contributed by atoms with Crippen LogP contribution in [-0.2, 0) is 21.4 Å². The normalized spacial score (nSPS) is 11.3. The zero-order valence-electron chi connectivity index (χ0n) is 17.3. The van der Waals surface area contributed by atoms with Crippen molar-refractivity contribution in [2.75, 3.05) is 33.9 Å². The van der Waals surface area contributed by atoms with Gasteiger partial charge in [-0.25, -0.2) is 8.42 Å². The van der Waals surface area contributed by atoms with Crippen LogP contribution in [-0.4, -0.2) is 57.4 Å². The fourth-order valence-corrected chi connectivity index (χ4v) is 4.23. The van der Waals surface area contributed by atoms with Crippen LogP contribution >= 0.6 is 0 Å². The lowest BCUT2D eigenvalue weighted by atomic mass is 10.2. The van der Waals surface area contributed by atoms with Gasteiger partial charge in [-0.1, -0.05) is 26.0 Å². The van der Waals surface area contributed by atoms with Crippen molar-refractivity contribution in [2.24, 2.45) is 0 Å². The molecule has 7 nitrogen and oxygen atoms in total. The standard InChI is InChI=1S/C21H28N2O5S/c1-5-23(6-2)29(25,26)20-13-11-19(12-14-20)28-16-21(24)22(3)15-17-7-9-18(27-4)10-8-17/h7-14H,5-6,15-16H2,1-4H3. The molecule has 0 saturated carbocycles. The SMILES string of the molecule is CCN(CC)S(=O)(=O)c1ccc(OCC(=O)N(C)Cc2ccc(OC)cc2)cc1. The zero-order valence-corrected chi connectivity index (χ0v) is 18.1. The number of ether oxygens (including phenoxy) is 2. The largest absolute Gasteiger partial charge is 0.497 e. The zero-order chi connectivity index (χ0) is 21.4. The molecule has 29 heavy (non-hydrogen) atoms. The molecule has 0 aliphatic carbocycles. The number of hydrogen-bond acceptors (Lipinski definition) is 5.